The average Bonchev–Trinajstić information content (AvgIpc) is 3.21. The van der Waals surface area contributed by atoms with Crippen LogP contribution in [0.25, 0.3) is 16.6 Å². The monoisotopic (exact) mass is 394 g/mol. The molecular weight excluding hydrogens is 376 g/mol. The fourth-order valence-corrected chi connectivity index (χ4v) is 3.35. The number of benzene rings is 2. The highest BCUT2D eigenvalue weighted by Crippen LogP contribution is 2.23. The van der Waals surface area contributed by atoms with E-state index in [0.29, 0.717) is 17.9 Å². The van der Waals surface area contributed by atoms with Gasteiger partial charge in [-0.25, -0.2) is 4.98 Å². The van der Waals surface area contributed by atoms with Gasteiger partial charge in [0.25, 0.3) is 5.91 Å². The van der Waals surface area contributed by atoms with Gasteiger partial charge in [0.2, 0.25) is 0 Å². The molecule has 2 aromatic carbocycles. The molecule has 30 heavy (non-hydrogen) atoms. The molecule has 0 aliphatic rings. The Morgan fingerprint density at radius 2 is 1.93 bits per heavy atom. The first-order valence-electron chi connectivity index (χ1n) is 9.57. The largest absolute Gasteiger partial charge is 0.487 e. The number of nitrogens with one attached hydrogen (secondary N) is 1. The summed E-state index contributed by atoms with van der Waals surface area (Å²) < 4.78 is 7.81. The Morgan fingerprint density at radius 3 is 2.87 bits per heavy atom. The zero-order valence-electron chi connectivity index (χ0n) is 16.0. The van der Waals surface area contributed by atoms with Crippen LogP contribution in [-0.2, 0) is 6.61 Å². The summed E-state index contributed by atoms with van der Waals surface area (Å²) in [7, 11) is 0. The maximum Gasteiger partial charge on any atom is 0.255 e. The van der Waals surface area contributed by atoms with Crippen molar-refractivity contribution in [1.82, 2.24) is 14.4 Å². The summed E-state index contributed by atoms with van der Waals surface area (Å²) in [6, 6.07) is 22.4. The van der Waals surface area contributed by atoms with Gasteiger partial charge in [0, 0.05) is 29.5 Å². The maximum atomic E-state index is 12.8. The van der Waals surface area contributed by atoms with E-state index in [0.717, 1.165) is 27.9 Å². The zero-order chi connectivity index (χ0) is 20.3. The number of amides is 1. The quantitative estimate of drug-likeness (QED) is 0.469. The average molecular weight is 394 g/mol. The summed E-state index contributed by atoms with van der Waals surface area (Å²) in [6.45, 7) is 0.321. The maximum absolute atomic E-state index is 12.8. The molecule has 0 aliphatic heterocycles. The van der Waals surface area contributed by atoms with Gasteiger partial charge in [0.1, 0.15) is 18.0 Å². The highest BCUT2D eigenvalue weighted by molar-refractivity contribution is 6.08. The molecule has 3 aromatic heterocycles. The summed E-state index contributed by atoms with van der Waals surface area (Å²) in [5.74, 6) is 0.406. The van der Waals surface area contributed by atoms with Crippen molar-refractivity contribution in [2.75, 3.05) is 5.32 Å². The molecule has 6 heteroatoms. The summed E-state index contributed by atoms with van der Waals surface area (Å²) in [6.07, 6.45) is 5.61. The van der Waals surface area contributed by atoms with Crippen LogP contribution in [0.3, 0.4) is 0 Å². The number of anilines is 1. The SMILES string of the molecule is O=C(Nc1cccc2ncccc12)c1cccc(OCc2cn3ccccc3n2)c1. The molecule has 0 aliphatic carbocycles. The van der Waals surface area contributed by atoms with Crippen LogP contribution in [0.5, 0.6) is 5.75 Å². The standard InChI is InChI=1S/C24H18N4O2/c29-24(27-22-10-4-9-21-20(22)8-5-12-25-21)17-6-3-7-19(14-17)30-16-18-15-28-13-2-1-11-23(28)26-18/h1-15H,16H2,(H,27,29). The van der Waals surface area contributed by atoms with Crippen molar-refractivity contribution >= 4 is 28.1 Å². The van der Waals surface area contributed by atoms with Gasteiger partial charge in [0.15, 0.2) is 0 Å². The molecule has 3 heterocycles. The highest BCUT2D eigenvalue weighted by Gasteiger charge is 2.10. The summed E-state index contributed by atoms with van der Waals surface area (Å²) >= 11 is 0. The first-order valence-corrected chi connectivity index (χ1v) is 9.57. The van der Waals surface area contributed by atoms with E-state index in [2.05, 4.69) is 15.3 Å². The third-order valence-electron chi connectivity index (χ3n) is 4.79. The molecular formula is C24H18N4O2. The molecule has 0 radical (unpaired) electrons. The number of hydrogen-bond donors (Lipinski definition) is 1. The summed E-state index contributed by atoms with van der Waals surface area (Å²) in [5.41, 5.74) is 3.76. The van der Waals surface area contributed by atoms with Crippen molar-refractivity contribution < 1.29 is 9.53 Å². The van der Waals surface area contributed by atoms with Gasteiger partial charge >= 0.3 is 0 Å². The van der Waals surface area contributed by atoms with Crippen molar-refractivity contribution in [2.24, 2.45) is 0 Å². The van der Waals surface area contributed by atoms with Crippen LogP contribution >= 0.6 is 0 Å². The molecule has 0 bridgehead atoms. The Morgan fingerprint density at radius 1 is 1.00 bits per heavy atom. The van der Waals surface area contributed by atoms with Gasteiger partial charge in [-0.2, -0.15) is 0 Å². The summed E-state index contributed by atoms with van der Waals surface area (Å²) in [5, 5.41) is 3.87. The third kappa shape index (κ3) is 3.58. The Bertz CT molecular complexity index is 1320. The zero-order valence-corrected chi connectivity index (χ0v) is 16.0. The van der Waals surface area contributed by atoms with Crippen molar-refractivity contribution in [1.29, 1.82) is 0 Å². The lowest BCUT2D eigenvalue weighted by Gasteiger charge is -2.10. The van der Waals surface area contributed by atoms with Gasteiger partial charge in [-0.05, 0) is 54.6 Å². The van der Waals surface area contributed by atoms with E-state index in [4.69, 9.17) is 4.74 Å². The Balaban J connectivity index is 1.32. The fraction of sp³-hybridized carbons (Fsp3) is 0.0417. The molecule has 0 saturated carbocycles. The Kier molecular flexibility index (Phi) is 4.57. The predicted molar refractivity (Wildman–Crippen MR) is 116 cm³/mol. The van der Waals surface area contributed by atoms with Crippen molar-refractivity contribution in [3.8, 4) is 5.75 Å². The van der Waals surface area contributed by atoms with Crippen LogP contribution < -0.4 is 10.1 Å². The van der Waals surface area contributed by atoms with Crippen molar-refractivity contribution in [2.45, 2.75) is 6.61 Å². The number of aromatic nitrogens is 3. The molecule has 0 atom stereocenters. The van der Waals surface area contributed by atoms with Crippen LogP contribution in [0.4, 0.5) is 5.69 Å². The Hall–Kier alpha value is -4.19. The number of carbonyl (C=O) groups is 1. The number of imidazole rings is 1. The molecule has 1 N–H and O–H groups in total. The normalized spacial score (nSPS) is 10.9. The van der Waals surface area contributed by atoms with Crippen LogP contribution in [0.1, 0.15) is 16.1 Å². The van der Waals surface area contributed by atoms with E-state index in [1.807, 2.05) is 71.4 Å². The smallest absolute Gasteiger partial charge is 0.255 e. The third-order valence-corrected chi connectivity index (χ3v) is 4.79. The van der Waals surface area contributed by atoms with Gasteiger partial charge < -0.3 is 14.5 Å². The number of fused-ring (bicyclic) bond motifs is 2. The molecule has 0 fully saturated rings. The summed E-state index contributed by atoms with van der Waals surface area (Å²) in [4.78, 5) is 21.6. The van der Waals surface area contributed by atoms with Gasteiger partial charge in [-0.3, -0.25) is 9.78 Å². The number of ether oxygens (including phenoxy) is 1. The minimum atomic E-state index is -0.204. The number of rotatable bonds is 5. The van der Waals surface area contributed by atoms with Crippen LogP contribution in [0.15, 0.2) is 91.4 Å². The van der Waals surface area contributed by atoms with E-state index in [-0.39, 0.29) is 5.91 Å². The molecule has 1 amide bonds. The van der Waals surface area contributed by atoms with Gasteiger partial charge in [-0.15, -0.1) is 0 Å². The highest BCUT2D eigenvalue weighted by atomic mass is 16.5. The predicted octanol–water partition coefficient (Wildman–Crippen LogP) is 4.71. The molecule has 5 aromatic rings. The molecule has 0 unspecified atom stereocenters. The topological polar surface area (TPSA) is 68.5 Å². The second-order valence-electron chi connectivity index (χ2n) is 6.84. The van der Waals surface area contributed by atoms with Crippen molar-refractivity contribution in [3.05, 3.63) is 103 Å². The number of nitrogens with zero attached hydrogens (tertiary/aromatic N) is 3. The number of carbonyl (C=O) groups excluding carboxylic acids is 1. The fourth-order valence-electron chi connectivity index (χ4n) is 3.35. The number of pyridine rings is 2. The van der Waals surface area contributed by atoms with Crippen LogP contribution in [0.2, 0.25) is 0 Å². The van der Waals surface area contributed by atoms with Crippen LogP contribution in [-0.4, -0.2) is 20.3 Å². The second kappa shape index (κ2) is 7.67. The lowest BCUT2D eigenvalue weighted by atomic mass is 10.1. The first kappa shape index (κ1) is 17.9. The number of hydrogen-bond acceptors (Lipinski definition) is 4. The lowest BCUT2D eigenvalue weighted by molar-refractivity contribution is 0.102. The van der Waals surface area contributed by atoms with E-state index < -0.39 is 0 Å². The van der Waals surface area contributed by atoms with E-state index in [1.165, 1.54) is 0 Å². The molecule has 5 rings (SSSR count). The molecule has 0 spiro atoms. The van der Waals surface area contributed by atoms with Crippen LogP contribution in [0, 0.1) is 0 Å². The molecule has 0 saturated heterocycles. The van der Waals surface area contributed by atoms with Crippen molar-refractivity contribution in [3.63, 3.8) is 0 Å². The molecule has 6 nitrogen and oxygen atoms in total. The van der Waals surface area contributed by atoms with E-state index in [9.17, 15) is 4.79 Å². The first-order chi connectivity index (χ1) is 14.8. The minimum absolute atomic E-state index is 0.204. The molecule has 146 valence electrons. The lowest BCUT2D eigenvalue weighted by Crippen LogP contribution is -2.12. The minimum Gasteiger partial charge on any atom is -0.487 e. The van der Waals surface area contributed by atoms with E-state index in [1.54, 1.807) is 24.4 Å². The van der Waals surface area contributed by atoms with E-state index >= 15 is 0 Å². The second-order valence-corrected chi connectivity index (χ2v) is 6.84. The Labute approximate surface area is 172 Å². The van der Waals surface area contributed by atoms with Gasteiger partial charge in [0.05, 0.1) is 16.9 Å². The van der Waals surface area contributed by atoms with Gasteiger partial charge in [-0.1, -0.05) is 18.2 Å².